The number of rotatable bonds is 3. The molecular formula is C43H45NO7. The van der Waals surface area contributed by atoms with Gasteiger partial charge in [-0.25, -0.2) is 9.59 Å². The summed E-state index contributed by atoms with van der Waals surface area (Å²) in [5.41, 5.74) is 2.76. The number of terminal acetylenes is 1. The van der Waals surface area contributed by atoms with Gasteiger partial charge in [0.25, 0.3) is 0 Å². The average Bonchev–Trinajstić information content (AvgIpc) is 3.82. The zero-order valence-electron chi connectivity index (χ0n) is 29.7. The van der Waals surface area contributed by atoms with Crippen LogP contribution in [0, 0.1) is 40.9 Å². The number of hydrogen-bond acceptors (Lipinski definition) is 8. The van der Waals surface area contributed by atoms with Crippen LogP contribution in [0.1, 0.15) is 93.5 Å². The largest absolute Gasteiger partial charge is 0.485 e. The lowest BCUT2D eigenvalue weighted by atomic mass is 9.46. The molecule has 51 heavy (non-hydrogen) atoms. The van der Waals surface area contributed by atoms with Crippen LogP contribution in [0.3, 0.4) is 0 Å². The fraction of sp³-hybridized carbons (Fsp3) is 0.465. The Bertz CT molecular complexity index is 2140. The van der Waals surface area contributed by atoms with Crippen LogP contribution in [0.5, 0.6) is 5.75 Å². The van der Waals surface area contributed by atoms with E-state index in [1.807, 2.05) is 32.2 Å². The highest BCUT2D eigenvalue weighted by Gasteiger charge is 2.63. The zero-order chi connectivity index (χ0) is 35.8. The zero-order valence-corrected chi connectivity index (χ0v) is 29.7. The maximum absolute atomic E-state index is 12.4. The Labute approximate surface area is 298 Å². The normalized spacial score (nSPS) is 31.6. The summed E-state index contributed by atoms with van der Waals surface area (Å²) in [6.07, 6.45) is 17.7. The summed E-state index contributed by atoms with van der Waals surface area (Å²) in [6, 6.07) is 15.7. The summed E-state index contributed by atoms with van der Waals surface area (Å²) in [7, 11) is 0. The Morgan fingerprint density at radius 3 is 2.61 bits per heavy atom. The summed E-state index contributed by atoms with van der Waals surface area (Å²) >= 11 is 0. The van der Waals surface area contributed by atoms with Crippen molar-refractivity contribution in [2.24, 2.45) is 28.6 Å². The van der Waals surface area contributed by atoms with Crippen LogP contribution in [0.25, 0.3) is 17.0 Å². The Morgan fingerprint density at radius 1 is 1.04 bits per heavy atom. The molecule has 8 heteroatoms. The number of carbonyl (C=O) groups excluding carboxylic acids is 1. The molecule has 1 N–H and O–H groups in total. The van der Waals surface area contributed by atoms with Crippen molar-refractivity contribution in [1.29, 1.82) is 0 Å². The number of esters is 1. The summed E-state index contributed by atoms with van der Waals surface area (Å²) in [4.78, 5) is 23.8. The molecule has 4 aliphatic carbocycles. The van der Waals surface area contributed by atoms with Gasteiger partial charge in [-0.05, 0) is 118 Å². The molecule has 3 saturated carbocycles. The van der Waals surface area contributed by atoms with Crippen LogP contribution >= 0.6 is 0 Å². The first-order chi connectivity index (χ1) is 24.3. The molecule has 0 radical (unpaired) electrons. The van der Waals surface area contributed by atoms with E-state index in [1.54, 1.807) is 42.0 Å². The van der Waals surface area contributed by atoms with Gasteiger partial charge in [0.05, 0.1) is 11.8 Å². The lowest BCUT2D eigenvalue weighted by Crippen LogP contribution is -2.54. The molecule has 4 aromatic rings. The molecule has 3 heterocycles. The molecule has 0 amide bonds. The van der Waals surface area contributed by atoms with Crippen LogP contribution in [0.4, 0.5) is 0 Å². The number of aliphatic hydroxyl groups is 1. The molecular weight excluding hydrogens is 642 g/mol. The summed E-state index contributed by atoms with van der Waals surface area (Å²) < 4.78 is 22.4. The SMILES string of the molecule is C#CC1(O)CCC2C3CCC4=Cc5oncc5CC4(C)C3CCC21C.CC(C)(OC(=O)c1ccccc1)C1Cc2cc3ccc(=O)oc3cc2O1. The van der Waals surface area contributed by atoms with E-state index in [2.05, 4.69) is 31.0 Å². The average molecular weight is 688 g/mol. The predicted octanol–water partition coefficient (Wildman–Crippen LogP) is 7.95. The van der Waals surface area contributed by atoms with E-state index < -0.39 is 16.8 Å². The maximum atomic E-state index is 12.4. The number of allylic oxidation sites excluding steroid dienone is 1. The second-order valence-electron chi connectivity index (χ2n) is 16.3. The molecule has 5 aliphatic rings. The summed E-state index contributed by atoms with van der Waals surface area (Å²) in [5.74, 6) is 5.91. The Hall–Kier alpha value is -4.61. The van der Waals surface area contributed by atoms with Crippen molar-refractivity contribution in [2.45, 2.75) is 96.4 Å². The first-order valence-corrected chi connectivity index (χ1v) is 18.2. The number of fused-ring (bicyclic) bond motifs is 8. The van der Waals surface area contributed by atoms with Crippen LogP contribution in [-0.2, 0) is 17.6 Å². The molecule has 9 rings (SSSR count). The molecule has 7 unspecified atom stereocenters. The third-order valence-corrected chi connectivity index (χ3v) is 13.3. The predicted molar refractivity (Wildman–Crippen MR) is 193 cm³/mol. The van der Waals surface area contributed by atoms with Gasteiger partial charge in [0.2, 0.25) is 0 Å². The number of aromatic nitrogens is 1. The van der Waals surface area contributed by atoms with Gasteiger partial charge in [0, 0.05) is 34.9 Å². The number of hydrogen-bond donors (Lipinski definition) is 1. The third kappa shape index (κ3) is 5.44. The van der Waals surface area contributed by atoms with Crippen molar-refractivity contribution in [1.82, 2.24) is 5.16 Å². The Balaban J connectivity index is 0.000000147. The van der Waals surface area contributed by atoms with E-state index in [9.17, 15) is 14.7 Å². The number of benzene rings is 2. The van der Waals surface area contributed by atoms with Crippen LogP contribution in [0.15, 0.2) is 80.1 Å². The van der Waals surface area contributed by atoms with Crippen molar-refractivity contribution in [3.63, 3.8) is 0 Å². The number of nitrogens with zero attached hydrogens (tertiary/aromatic N) is 1. The van der Waals surface area contributed by atoms with E-state index in [0.717, 1.165) is 55.2 Å². The van der Waals surface area contributed by atoms with Gasteiger partial charge in [-0.15, -0.1) is 6.42 Å². The molecule has 2 aromatic heterocycles. The van der Waals surface area contributed by atoms with E-state index >= 15 is 0 Å². The van der Waals surface area contributed by atoms with Gasteiger partial charge in [0.1, 0.15) is 28.6 Å². The highest BCUT2D eigenvalue weighted by Crippen LogP contribution is 2.67. The minimum absolute atomic E-state index is 0.114. The minimum atomic E-state index is -0.909. The van der Waals surface area contributed by atoms with Crippen molar-refractivity contribution in [3.05, 3.63) is 99.2 Å². The monoisotopic (exact) mass is 687 g/mol. The molecule has 7 atom stereocenters. The first kappa shape index (κ1) is 33.5. The van der Waals surface area contributed by atoms with Crippen molar-refractivity contribution in [2.75, 3.05) is 0 Å². The molecule has 0 bridgehead atoms. The molecule has 8 nitrogen and oxygen atoms in total. The van der Waals surface area contributed by atoms with Gasteiger partial charge in [-0.3, -0.25) is 0 Å². The fourth-order valence-corrected chi connectivity index (χ4v) is 10.3. The van der Waals surface area contributed by atoms with Crippen LogP contribution in [0.2, 0.25) is 0 Å². The highest BCUT2D eigenvalue weighted by atomic mass is 16.6. The maximum Gasteiger partial charge on any atom is 0.338 e. The second kappa shape index (κ2) is 12.0. The smallest absolute Gasteiger partial charge is 0.338 e. The fourth-order valence-electron chi connectivity index (χ4n) is 10.3. The number of carbonyl (C=O) groups is 1. The Kier molecular flexibility index (Phi) is 7.88. The lowest BCUT2D eigenvalue weighted by Gasteiger charge is -2.58. The summed E-state index contributed by atoms with van der Waals surface area (Å²) in [5, 5.41) is 15.9. The topological polar surface area (TPSA) is 112 Å². The van der Waals surface area contributed by atoms with Gasteiger partial charge < -0.3 is 23.5 Å². The minimum Gasteiger partial charge on any atom is -0.485 e. The number of ether oxygens (including phenoxy) is 2. The van der Waals surface area contributed by atoms with E-state index in [-0.39, 0.29) is 22.9 Å². The Morgan fingerprint density at radius 2 is 1.82 bits per heavy atom. The van der Waals surface area contributed by atoms with Gasteiger partial charge in [0.15, 0.2) is 5.76 Å². The van der Waals surface area contributed by atoms with Crippen molar-refractivity contribution in [3.8, 4) is 18.1 Å². The van der Waals surface area contributed by atoms with Gasteiger partial charge >= 0.3 is 11.6 Å². The van der Waals surface area contributed by atoms with Gasteiger partial charge in [-0.2, -0.15) is 0 Å². The molecule has 0 spiro atoms. The quantitative estimate of drug-likeness (QED) is 0.131. The lowest BCUT2D eigenvalue weighted by molar-refractivity contribution is -0.0975. The van der Waals surface area contributed by atoms with E-state index in [0.29, 0.717) is 41.1 Å². The second-order valence-corrected chi connectivity index (χ2v) is 16.3. The standard InChI is InChI=1S/C22H27NO2.C21H18O5/c1-4-22(24)10-8-18-16-6-5-15-11-19-14(13-23-25-19)12-20(15,2)17(16)7-9-21(18,22)3;1-21(2,26-20(23)13-6-4-3-5-7-13)18-11-15-10-14-8-9-19(22)25-16(14)12-17(15)24-18/h1,11,13,16-18,24H,5-10,12H2,2-3H3;3-10,12,18H,11H2,1-2H3. The molecule has 264 valence electrons. The molecule has 2 aromatic carbocycles. The highest BCUT2D eigenvalue weighted by molar-refractivity contribution is 5.89. The summed E-state index contributed by atoms with van der Waals surface area (Å²) in [6.45, 7) is 8.39. The van der Waals surface area contributed by atoms with Crippen LogP contribution in [-0.4, -0.2) is 33.5 Å². The molecule has 0 saturated heterocycles. The van der Waals surface area contributed by atoms with Gasteiger partial charge in [-0.1, -0.05) is 48.7 Å². The van der Waals surface area contributed by atoms with Crippen LogP contribution < -0.4 is 10.4 Å². The van der Waals surface area contributed by atoms with E-state index in [4.69, 9.17) is 24.8 Å². The van der Waals surface area contributed by atoms with Crippen molar-refractivity contribution >= 4 is 23.0 Å². The van der Waals surface area contributed by atoms with Crippen molar-refractivity contribution < 1.29 is 28.3 Å². The van der Waals surface area contributed by atoms with E-state index in [1.165, 1.54) is 18.1 Å². The molecule has 3 fully saturated rings. The first-order valence-electron chi connectivity index (χ1n) is 18.2. The third-order valence-electron chi connectivity index (χ3n) is 13.3. The molecule has 1 aliphatic heterocycles.